The van der Waals surface area contributed by atoms with Crippen molar-refractivity contribution in [3.63, 3.8) is 0 Å². The number of hydrogen-bond acceptors (Lipinski definition) is 4. The normalized spacial score (nSPS) is 20.0. The van der Waals surface area contributed by atoms with E-state index in [0.717, 1.165) is 24.6 Å². The van der Waals surface area contributed by atoms with Crippen LogP contribution in [0.25, 0.3) is 0 Å². The quantitative estimate of drug-likeness (QED) is 0.773. The Labute approximate surface area is 95.3 Å². The Morgan fingerprint density at radius 3 is 3.27 bits per heavy atom. The summed E-state index contributed by atoms with van der Waals surface area (Å²) in [5.74, 6) is 0. The minimum absolute atomic E-state index is 0.572. The van der Waals surface area contributed by atoms with E-state index in [4.69, 9.17) is 0 Å². The molecule has 4 heteroatoms. The first-order valence-corrected chi connectivity index (χ1v) is 6.57. The molecular weight excluding hydrogens is 206 g/mol. The van der Waals surface area contributed by atoms with Crippen molar-refractivity contribution in [2.75, 3.05) is 11.9 Å². The number of fused-ring (bicyclic) bond motifs is 1. The van der Waals surface area contributed by atoms with Crippen molar-refractivity contribution in [3.05, 3.63) is 10.6 Å². The highest BCUT2D eigenvalue weighted by molar-refractivity contribution is 7.15. The smallest absolute Gasteiger partial charge is 0.183 e. The molecule has 0 fully saturated rings. The summed E-state index contributed by atoms with van der Waals surface area (Å²) in [6.45, 7) is 6.46. The van der Waals surface area contributed by atoms with E-state index in [1.54, 1.807) is 11.3 Å². The summed E-state index contributed by atoms with van der Waals surface area (Å²) in [7, 11) is 0. The van der Waals surface area contributed by atoms with Gasteiger partial charge in [-0.3, -0.25) is 0 Å². The van der Waals surface area contributed by atoms with Crippen LogP contribution in [-0.2, 0) is 13.0 Å². The van der Waals surface area contributed by atoms with Crippen LogP contribution in [-0.4, -0.2) is 17.6 Å². The summed E-state index contributed by atoms with van der Waals surface area (Å²) in [6, 6.07) is 0.572. The fourth-order valence-electron chi connectivity index (χ4n) is 1.76. The van der Waals surface area contributed by atoms with Crippen LogP contribution in [0.5, 0.6) is 0 Å². The van der Waals surface area contributed by atoms with E-state index >= 15 is 0 Å². The molecule has 2 rings (SSSR count). The van der Waals surface area contributed by atoms with Crippen LogP contribution in [0, 0.1) is 0 Å². The molecule has 0 bridgehead atoms. The molecule has 0 aromatic carbocycles. The van der Waals surface area contributed by atoms with Gasteiger partial charge in [0.1, 0.15) is 0 Å². The van der Waals surface area contributed by atoms with Gasteiger partial charge in [-0.15, -0.1) is 11.3 Å². The summed E-state index contributed by atoms with van der Waals surface area (Å²) >= 11 is 1.80. The first-order chi connectivity index (χ1) is 7.29. The molecule has 3 nitrogen and oxygen atoms in total. The second-order valence-electron chi connectivity index (χ2n) is 4.16. The molecule has 84 valence electrons. The van der Waals surface area contributed by atoms with E-state index in [0.29, 0.717) is 6.04 Å². The first-order valence-electron chi connectivity index (χ1n) is 5.75. The highest BCUT2D eigenvalue weighted by atomic mass is 32.1. The summed E-state index contributed by atoms with van der Waals surface area (Å²) in [5.41, 5.74) is 1.30. The zero-order chi connectivity index (χ0) is 10.7. The van der Waals surface area contributed by atoms with Crippen molar-refractivity contribution in [1.29, 1.82) is 0 Å². The Balaban J connectivity index is 1.96. The lowest BCUT2D eigenvalue weighted by Gasteiger charge is -2.17. The minimum Gasteiger partial charge on any atom is -0.362 e. The molecular formula is C11H19N3S. The fourth-order valence-corrected chi connectivity index (χ4v) is 2.72. The van der Waals surface area contributed by atoms with Crippen molar-refractivity contribution >= 4 is 16.5 Å². The highest BCUT2D eigenvalue weighted by Gasteiger charge is 2.18. The van der Waals surface area contributed by atoms with Gasteiger partial charge in [-0.05, 0) is 13.3 Å². The number of aromatic nitrogens is 1. The number of hydrogen-bond donors (Lipinski definition) is 2. The van der Waals surface area contributed by atoms with E-state index in [9.17, 15) is 0 Å². The van der Waals surface area contributed by atoms with Gasteiger partial charge in [0.25, 0.3) is 0 Å². The van der Waals surface area contributed by atoms with Gasteiger partial charge in [-0.1, -0.05) is 13.3 Å². The van der Waals surface area contributed by atoms with Gasteiger partial charge in [0.05, 0.1) is 5.69 Å². The fraction of sp³-hybridized carbons (Fsp3) is 0.727. The Hall–Kier alpha value is -0.610. The van der Waals surface area contributed by atoms with Gasteiger partial charge >= 0.3 is 0 Å². The molecule has 0 saturated carbocycles. The Morgan fingerprint density at radius 1 is 1.60 bits per heavy atom. The predicted octanol–water partition coefficient (Wildman–Crippen LogP) is 2.39. The van der Waals surface area contributed by atoms with Gasteiger partial charge in [0.15, 0.2) is 5.13 Å². The van der Waals surface area contributed by atoms with Crippen LogP contribution in [0.15, 0.2) is 0 Å². The first kappa shape index (κ1) is 10.9. The van der Waals surface area contributed by atoms with E-state index in [1.807, 2.05) is 0 Å². The third kappa shape index (κ3) is 2.69. The van der Waals surface area contributed by atoms with Gasteiger partial charge < -0.3 is 10.6 Å². The average molecular weight is 225 g/mol. The van der Waals surface area contributed by atoms with Crippen LogP contribution in [0.2, 0.25) is 0 Å². The largest absolute Gasteiger partial charge is 0.362 e. The summed E-state index contributed by atoms with van der Waals surface area (Å²) in [4.78, 5) is 6.05. The number of anilines is 1. The predicted molar refractivity (Wildman–Crippen MR) is 65.5 cm³/mol. The number of nitrogens with one attached hydrogen (secondary N) is 2. The van der Waals surface area contributed by atoms with Gasteiger partial charge in [0.2, 0.25) is 0 Å². The Bertz CT molecular complexity index is 322. The van der Waals surface area contributed by atoms with Crippen LogP contribution >= 0.6 is 11.3 Å². The maximum atomic E-state index is 4.64. The molecule has 0 radical (unpaired) electrons. The molecule has 0 unspecified atom stereocenters. The molecule has 2 heterocycles. The number of nitrogens with zero attached hydrogens (tertiary/aromatic N) is 1. The zero-order valence-corrected chi connectivity index (χ0v) is 10.3. The molecule has 1 atom stereocenters. The Kier molecular flexibility index (Phi) is 3.59. The Morgan fingerprint density at radius 2 is 2.47 bits per heavy atom. The summed E-state index contributed by atoms with van der Waals surface area (Å²) in [6.07, 6.45) is 3.52. The maximum absolute atomic E-state index is 4.64. The molecule has 0 amide bonds. The second kappa shape index (κ2) is 4.94. The second-order valence-corrected chi connectivity index (χ2v) is 5.24. The standard InChI is InChI=1S/C11H19N3S/c1-3-4-5-12-11-14-9-6-8(2)13-7-10(9)15-11/h8,13H,3-7H2,1-2H3,(H,12,14)/t8-/m0/s1. The van der Waals surface area contributed by atoms with Crippen molar-refractivity contribution in [2.45, 2.75) is 45.7 Å². The third-order valence-corrected chi connectivity index (χ3v) is 3.75. The summed E-state index contributed by atoms with van der Waals surface area (Å²) < 4.78 is 0. The molecule has 0 spiro atoms. The molecule has 0 saturated heterocycles. The van der Waals surface area contributed by atoms with E-state index in [1.165, 1.54) is 23.4 Å². The van der Waals surface area contributed by atoms with E-state index in [-0.39, 0.29) is 0 Å². The van der Waals surface area contributed by atoms with Gasteiger partial charge in [-0.2, -0.15) is 0 Å². The zero-order valence-electron chi connectivity index (χ0n) is 9.47. The van der Waals surface area contributed by atoms with Crippen LogP contribution in [0.3, 0.4) is 0 Å². The molecule has 1 aliphatic rings. The molecule has 1 aromatic rings. The van der Waals surface area contributed by atoms with Crippen LogP contribution in [0.1, 0.15) is 37.3 Å². The SMILES string of the molecule is CCCCNc1nc2c(s1)CN[C@@H](C)C2. The molecule has 15 heavy (non-hydrogen) atoms. The average Bonchev–Trinajstić information content (AvgIpc) is 2.60. The highest BCUT2D eigenvalue weighted by Crippen LogP contribution is 2.26. The number of thiazole rings is 1. The topological polar surface area (TPSA) is 37.0 Å². The number of unbranched alkanes of at least 4 members (excludes halogenated alkanes) is 1. The lowest BCUT2D eigenvalue weighted by Crippen LogP contribution is -2.32. The van der Waals surface area contributed by atoms with Crippen LogP contribution in [0.4, 0.5) is 5.13 Å². The van der Waals surface area contributed by atoms with E-state index in [2.05, 4.69) is 29.5 Å². The van der Waals surface area contributed by atoms with Gasteiger partial charge in [0, 0.05) is 30.4 Å². The molecule has 1 aliphatic heterocycles. The lowest BCUT2D eigenvalue weighted by atomic mass is 10.1. The molecule has 0 aliphatic carbocycles. The van der Waals surface area contributed by atoms with Crippen molar-refractivity contribution < 1.29 is 0 Å². The van der Waals surface area contributed by atoms with Gasteiger partial charge in [-0.25, -0.2) is 4.98 Å². The van der Waals surface area contributed by atoms with Crippen LogP contribution < -0.4 is 10.6 Å². The monoisotopic (exact) mass is 225 g/mol. The maximum Gasteiger partial charge on any atom is 0.183 e. The minimum atomic E-state index is 0.572. The van der Waals surface area contributed by atoms with Crippen molar-refractivity contribution in [2.24, 2.45) is 0 Å². The third-order valence-electron chi connectivity index (χ3n) is 2.70. The summed E-state index contributed by atoms with van der Waals surface area (Å²) in [5, 5.41) is 7.96. The molecule has 1 aromatic heterocycles. The molecule has 2 N–H and O–H groups in total. The number of rotatable bonds is 4. The van der Waals surface area contributed by atoms with E-state index < -0.39 is 0 Å². The lowest BCUT2D eigenvalue weighted by molar-refractivity contribution is 0.513. The van der Waals surface area contributed by atoms with Crippen molar-refractivity contribution in [1.82, 2.24) is 10.3 Å². The van der Waals surface area contributed by atoms with Crippen molar-refractivity contribution in [3.8, 4) is 0 Å².